The number of phenolic OH excluding ortho intramolecular Hbond substituents is 1. The summed E-state index contributed by atoms with van der Waals surface area (Å²) in [7, 11) is 0. The van der Waals surface area contributed by atoms with Gasteiger partial charge in [0.2, 0.25) is 0 Å². The van der Waals surface area contributed by atoms with E-state index in [4.69, 9.17) is 0 Å². The maximum absolute atomic E-state index is 13.0. The summed E-state index contributed by atoms with van der Waals surface area (Å²) in [6, 6.07) is 12.3. The molecule has 1 heterocycles. The quantitative estimate of drug-likeness (QED) is 0.666. The highest BCUT2D eigenvalue weighted by molar-refractivity contribution is 9.10. The molecule has 1 atom stereocenters. The van der Waals surface area contributed by atoms with Crippen molar-refractivity contribution in [1.82, 2.24) is 9.66 Å². The third kappa shape index (κ3) is 3.49. The number of benzene rings is 2. The Bertz CT molecular complexity index is 1010. The van der Waals surface area contributed by atoms with Crippen LogP contribution in [0.25, 0.3) is 10.9 Å². The Labute approximate surface area is 153 Å². The molecule has 0 amide bonds. The van der Waals surface area contributed by atoms with Crippen molar-refractivity contribution >= 4 is 33.0 Å². The van der Waals surface area contributed by atoms with Gasteiger partial charge in [-0.3, -0.25) is 4.79 Å². The molecule has 1 aromatic heterocycles. The van der Waals surface area contributed by atoms with Crippen LogP contribution in [0.1, 0.15) is 37.6 Å². The Balaban J connectivity index is 2.22. The highest BCUT2D eigenvalue weighted by Gasteiger charge is 2.15. The second-order valence-corrected chi connectivity index (χ2v) is 6.78. The van der Waals surface area contributed by atoms with E-state index >= 15 is 0 Å². The lowest BCUT2D eigenvalue weighted by Crippen LogP contribution is -2.23. The molecule has 2 aromatic carbocycles. The van der Waals surface area contributed by atoms with Gasteiger partial charge in [0, 0.05) is 16.0 Å². The number of aromatic nitrogens is 2. The molecule has 0 bridgehead atoms. The summed E-state index contributed by atoms with van der Waals surface area (Å²) in [5.41, 5.74) is 0.963. The van der Waals surface area contributed by atoms with E-state index in [1.54, 1.807) is 30.3 Å². The molecular weight excluding hydrogens is 382 g/mol. The molecule has 5 nitrogen and oxygen atoms in total. The molecule has 0 spiro atoms. The van der Waals surface area contributed by atoms with Crippen molar-refractivity contribution < 1.29 is 5.11 Å². The number of hydrogen-bond acceptors (Lipinski definition) is 4. The summed E-state index contributed by atoms with van der Waals surface area (Å²) >= 11 is 3.39. The fraction of sp³-hybridized carbons (Fsp3) is 0.211. The number of halogens is 1. The van der Waals surface area contributed by atoms with Gasteiger partial charge in [0.1, 0.15) is 11.6 Å². The maximum Gasteiger partial charge on any atom is 0.282 e. The number of rotatable bonds is 4. The predicted octanol–water partition coefficient (Wildman–Crippen LogP) is 4.26. The monoisotopic (exact) mass is 399 g/mol. The van der Waals surface area contributed by atoms with E-state index in [1.165, 1.54) is 10.9 Å². The third-order valence-corrected chi connectivity index (χ3v) is 4.63. The third-order valence-electron chi connectivity index (χ3n) is 4.14. The van der Waals surface area contributed by atoms with Gasteiger partial charge in [-0.25, -0.2) is 4.98 Å². The zero-order valence-corrected chi connectivity index (χ0v) is 15.6. The van der Waals surface area contributed by atoms with Crippen molar-refractivity contribution in [3.8, 4) is 5.75 Å². The van der Waals surface area contributed by atoms with Gasteiger partial charge in [0.15, 0.2) is 0 Å². The number of phenols is 1. The van der Waals surface area contributed by atoms with Gasteiger partial charge in [0.05, 0.1) is 17.1 Å². The molecule has 3 aromatic rings. The van der Waals surface area contributed by atoms with E-state index in [9.17, 15) is 9.90 Å². The Morgan fingerprint density at radius 1 is 1.32 bits per heavy atom. The molecule has 1 N–H and O–H groups in total. The zero-order valence-electron chi connectivity index (χ0n) is 14.0. The predicted molar refractivity (Wildman–Crippen MR) is 104 cm³/mol. The Morgan fingerprint density at radius 3 is 2.80 bits per heavy atom. The average Bonchev–Trinajstić information content (AvgIpc) is 2.62. The van der Waals surface area contributed by atoms with Crippen LogP contribution in [0.2, 0.25) is 0 Å². The van der Waals surface area contributed by atoms with Crippen molar-refractivity contribution in [2.45, 2.75) is 26.2 Å². The fourth-order valence-electron chi connectivity index (χ4n) is 2.50. The minimum Gasteiger partial charge on any atom is -0.507 e. The first-order valence-corrected chi connectivity index (χ1v) is 8.85. The summed E-state index contributed by atoms with van der Waals surface area (Å²) in [4.78, 5) is 17.6. The van der Waals surface area contributed by atoms with Crippen LogP contribution in [0.3, 0.4) is 0 Å². The van der Waals surface area contributed by atoms with Gasteiger partial charge < -0.3 is 5.11 Å². The van der Waals surface area contributed by atoms with E-state index in [0.29, 0.717) is 22.3 Å². The number of aromatic hydroxyl groups is 1. The van der Waals surface area contributed by atoms with E-state index in [2.05, 4.69) is 26.0 Å². The minimum absolute atomic E-state index is 0.0715. The van der Waals surface area contributed by atoms with E-state index in [1.807, 2.05) is 26.0 Å². The average molecular weight is 400 g/mol. The second kappa shape index (κ2) is 7.19. The second-order valence-electron chi connectivity index (χ2n) is 5.86. The standard InChI is InChI=1S/C19H18BrN3O2/c1-3-12(2)18-22-16-9-8-14(20)10-15(16)19(25)23(18)21-11-13-6-4-5-7-17(13)24/h4-12,24H,3H2,1-2H3/t12-/m0/s1. The first kappa shape index (κ1) is 17.4. The van der Waals surface area contributed by atoms with Gasteiger partial charge >= 0.3 is 0 Å². The van der Waals surface area contributed by atoms with Crippen LogP contribution in [0, 0.1) is 0 Å². The summed E-state index contributed by atoms with van der Waals surface area (Å²) in [6.45, 7) is 4.05. The molecule has 0 aliphatic heterocycles. The lowest BCUT2D eigenvalue weighted by Gasteiger charge is -2.14. The molecule has 0 saturated carbocycles. The van der Waals surface area contributed by atoms with Crippen LogP contribution >= 0.6 is 15.9 Å². The number of nitrogens with zero attached hydrogens (tertiary/aromatic N) is 3. The molecule has 3 rings (SSSR count). The number of fused-ring (bicyclic) bond motifs is 1. The van der Waals surface area contributed by atoms with Crippen LogP contribution < -0.4 is 5.56 Å². The van der Waals surface area contributed by atoms with Gasteiger partial charge in [-0.1, -0.05) is 41.9 Å². The summed E-state index contributed by atoms with van der Waals surface area (Å²) in [5.74, 6) is 0.789. The largest absolute Gasteiger partial charge is 0.507 e. The summed E-state index contributed by atoms with van der Waals surface area (Å²) in [6.07, 6.45) is 2.31. The summed E-state index contributed by atoms with van der Waals surface area (Å²) < 4.78 is 2.14. The molecule has 0 radical (unpaired) electrons. The van der Waals surface area contributed by atoms with Crippen molar-refractivity contribution in [3.05, 3.63) is 68.7 Å². The highest BCUT2D eigenvalue weighted by atomic mass is 79.9. The first-order chi connectivity index (χ1) is 12.0. The first-order valence-electron chi connectivity index (χ1n) is 8.05. The highest BCUT2D eigenvalue weighted by Crippen LogP contribution is 2.21. The van der Waals surface area contributed by atoms with Crippen LogP contribution in [0.15, 0.2) is 56.8 Å². The van der Waals surface area contributed by atoms with Crippen molar-refractivity contribution in [2.24, 2.45) is 5.10 Å². The molecule has 0 fully saturated rings. The van der Waals surface area contributed by atoms with Crippen molar-refractivity contribution in [1.29, 1.82) is 0 Å². The lowest BCUT2D eigenvalue weighted by atomic mass is 10.1. The maximum atomic E-state index is 13.0. The van der Waals surface area contributed by atoms with Gasteiger partial charge in [0.25, 0.3) is 5.56 Å². The molecule has 6 heteroatoms. The Morgan fingerprint density at radius 2 is 2.08 bits per heavy atom. The lowest BCUT2D eigenvalue weighted by molar-refractivity contribution is 0.474. The van der Waals surface area contributed by atoms with Gasteiger partial charge in [-0.2, -0.15) is 9.78 Å². The molecule has 0 aliphatic rings. The molecule has 25 heavy (non-hydrogen) atoms. The SMILES string of the molecule is CC[C@H](C)c1nc2ccc(Br)cc2c(=O)n1N=Cc1ccccc1O. The Hall–Kier alpha value is -2.47. The number of para-hydroxylation sites is 1. The zero-order chi connectivity index (χ0) is 18.0. The molecule has 0 unspecified atom stereocenters. The fourth-order valence-corrected chi connectivity index (χ4v) is 2.86. The smallest absolute Gasteiger partial charge is 0.282 e. The molecule has 0 aliphatic carbocycles. The number of hydrogen-bond donors (Lipinski definition) is 1. The van der Waals surface area contributed by atoms with Gasteiger partial charge in [-0.15, -0.1) is 0 Å². The summed E-state index contributed by atoms with van der Waals surface area (Å²) in [5, 5.41) is 14.7. The van der Waals surface area contributed by atoms with Crippen molar-refractivity contribution in [3.63, 3.8) is 0 Å². The minimum atomic E-state index is -0.228. The Kier molecular flexibility index (Phi) is 4.99. The van der Waals surface area contributed by atoms with Crippen LogP contribution in [0.4, 0.5) is 0 Å². The molecule has 0 saturated heterocycles. The van der Waals surface area contributed by atoms with E-state index < -0.39 is 0 Å². The molecular formula is C19H18BrN3O2. The molecule has 128 valence electrons. The van der Waals surface area contributed by atoms with E-state index in [0.717, 1.165) is 10.9 Å². The van der Waals surface area contributed by atoms with Gasteiger partial charge in [-0.05, 0) is 36.8 Å². The van der Waals surface area contributed by atoms with Crippen LogP contribution in [0.5, 0.6) is 5.75 Å². The van der Waals surface area contributed by atoms with Crippen LogP contribution in [-0.4, -0.2) is 21.0 Å². The van der Waals surface area contributed by atoms with Crippen LogP contribution in [-0.2, 0) is 0 Å². The van der Waals surface area contributed by atoms with Crippen molar-refractivity contribution in [2.75, 3.05) is 0 Å². The van der Waals surface area contributed by atoms with E-state index in [-0.39, 0.29) is 17.2 Å². The topological polar surface area (TPSA) is 67.5 Å². The normalized spacial score (nSPS) is 12.8.